The number of anilines is 2. The summed E-state index contributed by atoms with van der Waals surface area (Å²) in [5.41, 5.74) is 3.36. The van der Waals surface area contributed by atoms with Gasteiger partial charge in [0.15, 0.2) is 5.82 Å². The first-order valence-electron chi connectivity index (χ1n) is 11.8. The molecule has 1 saturated heterocycles. The molecule has 3 aromatic heterocycles. The van der Waals surface area contributed by atoms with Gasteiger partial charge in [-0.15, -0.1) is 10.2 Å². The summed E-state index contributed by atoms with van der Waals surface area (Å²) in [5.74, 6) is 0.984. The Morgan fingerprint density at radius 3 is 2.54 bits per heavy atom. The number of hydrogen-bond acceptors (Lipinski definition) is 7. The van der Waals surface area contributed by atoms with Crippen LogP contribution in [0.4, 0.5) is 11.6 Å². The largest absolute Gasteiger partial charge is 0.354 e. The lowest BCUT2D eigenvalue weighted by atomic mass is 9.49. The Balaban J connectivity index is 1.35. The number of benzene rings is 1. The van der Waals surface area contributed by atoms with Gasteiger partial charge < -0.3 is 15.1 Å². The highest BCUT2D eigenvalue weighted by Crippen LogP contribution is 2.25. The van der Waals surface area contributed by atoms with Crippen LogP contribution in [0.2, 0.25) is 0 Å². The summed E-state index contributed by atoms with van der Waals surface area (Å²) in [4.78, 5) is 21.9. The number of amides is 1. The average molecular weight is 464 g/mol. The van der Waals surface area contributed by atoms with Crippen molar-refractivity contribution in [1.82, 2.24) is 29.9 Å². The molecule has 4 aromatic rings. The van der Waals surface area contributed by atoms with Gasteiger partial charge in [-0.2, -0.15) is 5.10 Å². The monoisotopic (exact) mass is 464 g/mol. The molecule has 4 heterocycles. The van der Waals surface area contributed by atoms with Gasteiger partial charge in [-0.1, -0.05) is 6.07 Å². The van der Waals surface area contributed by atoms with E-state index >= 15 is 0 Å². The van der Waals surface area contributed by atoms with Crippen molar-refractivity contribution in [3.63, 3.8) is 0 Å². The Kier molecular flexibility index (Phi) is 6.06. The van der Waals surface area contributed by atoms with Crippen LogP contribution in [0, 0.1) is 0 Å². The molecule has 35 heavy (non-hydrogen) atoms. The molecular formula is C23H27B3N8O. The third-order valence-electron chi connectivity index (χ3n) is 6.27. The van der Waals surface area contributed by atoms with E-state index in [0.717, 1.165) is 54.0 Å². The summed E-state index contributed by atoms with van der Waals surface area (Å²) >= 11 is 0. The molecule has 0 bridgehead atoms. The summed E-state index contributed by atoms with van der Waals surface area (Å²) in [6.45, 7) is 3.73. The van der Waals surface area contributed by atoms with Gasteiger partial charge in [0.1, 0.15) is 29.4 Å². The molecule has 12 heteroatoms. The number of hydrogen-bond donors (Lipinski definition) is 1. The van der Waals surface area contributed by atoms with E-state index in [1.165, 1.54) is 0 Å². The van der Waals surface area contributed by atoms with Crippen molar-refractivity contribution in [2.75, 3.05) is 43.4 Å². The Morgan fingerprint density at radius 2 is 1.80 bits per heavy atom. The zero-order chi connectivity index (χ0) is 24.6. The molecule has 0 saturated carbocycles. The van der Waals surface area contributed by atoms with Crippen molar-refractivity contribution in [1.29, 1.82) is 0 Å². The first-order valence-corrected chi connectivity index (χ1v) is 11.8. The minimum atomic E-state index is -0.237. The Morgan fingerprint density at radius 1 is 1.00 bits per heavy atom. The molecule has 5 rings (SSSR count). The molecule has 0 spiro atoms. The van der Waals surface area contributed by atoms with Crippen molar-refractivity contribution in [2.45, 2.75) is 5.24 Å². The number of likely N-dealkylation sites (N-methyl/N-ethyl adjacent to an activating group) is 1. The van der Waals surface area contributed by atoms with E-state index in [9.17, 15) is 4.79 Å². The number of piperazine rings is 1. The highest BCUT2D eigenvalue weighted by molar-refractivity contribution is 6.56. The fourth-order valence-electron chi connectivity index (χ4n) is 4.08. The van der Waals surface area contributed by atoms with E-state index in [2.05, 4.69) is 66.0 Å². The van der Waals surface area contributed by atoms with Gasteiger partial charge in [0.25, 0.3) is 5.91 Å². The molecule has 1 fully saturated rings. The number of rotatable bonds is 5. The van der Waals surface area contributed by atoms with E-state index in [1.54, 1.807) is 12.3 Å². The minimum Gasteiger partial charge on any atom is -0.354 e. The molecule has 1 amide bonds. The first kappa shape index (κ1) is 23.1. The van der Waals surface area contributed by atoms with Crippen molar-refractivity contribution < 1.29 is 4.79 Å². The summed E-state index contributed by atoms with van der Waals surface area (Å²) in [6, 6.07) is 11.4. The van der Waals surface area contributed by atoms with Crippen LogP contribution >= 0.6 is 0 Å². The lowest BCUT2D eigenvalue weighted by molar-refractivity contribution is 0.102. The number of carbonyl (C=O) groups excluding carboxylic acids is 1. The van der Waals surface area contributed by atoms with Crippen LogP contribution in [0.25, 0.3) is 22.0 Å². The number of aromatic nitrogens is 5. The van der Waals surface area contributed by atoms with Gasteiger partial charge in [-0.05, 0) is 48.2 Å². The number of nitrogens with zero attached hydrogens (tertiary/aromatic N) is 7. The maximum atomic E-state index is 13.0. The lowest BCUT2D eigenvalue weighted by Crippen LogP contribution is -2.44. The van der Waals surface area contributed by atoms with Gasteiger partial charge in [-0.3, -0.25) is 9.48 Å². The molecule has 9 nitrogen and oxygen atoms in total. The van der Waals surface area contributed by atoms with Gasteiger partial charge in [-0.25, -0.2) is 4.98 Å². The Labute approximate surface area is 207 Å². The highest BCUT2D eigenvalue weighted by atomic mass is 16.1. The van der Waals surface area contributed by atoms with E-state index in [4.69, 9.17) is 0 Å². The zero-order valence-electron chi connectivity index (χ0n) is 20.6. The maximum absolute atomic E-state index is 13.0. The van der Waals surface area contributed by atoms with E-state index in [1.807, 2.05) is 47.4 Å². The normalized spacial score (nSPS) is 14.8. The third kappa shape index (κ3) is 5.07. The topological polar surface area (TPSA) is 92.1 Å². The van der Waals surface area contributed by atoms with Gasteiger partial charge >= 0.3 is 0 Å². The van der Waals surface area contributed by atoms with Crippen LogP contribution in [0.5, 0.6) is 0 Å². The molecule has 174 valence electrons. The fraction of sp³-hybridized carbons (Fsp3) is 0.261. The van der Waals surface area contributed by atoms with Crippen molar-refractivity contribution >= 4 is 52.0 Å². The quantitative estimate of drug-likeness (QED) is 0.393. The predicted octanol–water partition coefficient (Wildman–Crippen LogP) is -0.640. The second-order valence-corrected chi connectivity index (χ2v) is 9.99. The molecule has 1 N–H and O–H groups in total. The van der Waals surface area contributed by atoms with Crippen molar-refractivity contribution in [3.8, 4) is 11.1 Å². The van der Waals surface area contributed by atoms with E-state index < -0.39 is 0 Å². The van der Waals surface area contributed by atoms with Crippen LogP contribution in [-0.2, 0) is 5.24 Å². The molecule has 0 atom stereocenters. The van der Waals surface area contributed by atoms with Gasteiger partial charge in [0.2, 0.25) is 0 Å². The summed E-state index contributed by atoms with van der Waals surface area (Å²) < 4.78 is 1.95. The molecule has 0 radical (unpaired) electrons. The van der Waals surface area contributed by atoms with E-state index in [0.29, 0.717) is 11.4 Å². The minimum absolute atomic E-state index is 0.0881. The number of pyridine rings is 1. The highest BCUT2D eigenvalue weighted by Gasteiger charge is 2.18. The van der Waals surface area contributed by atoms with Gasteiger partial charge in [0.05, 0.1) is 11.7 Å². The fourth-order valence-corrected chi connectivity index (χ4v) is 4.08. The van der Waals surface area contributed by atoms with Crippen molar-refractivity contribution in [2.24, 2.45) is 0 Å². The second kappa shape index (κ2) is 9.18. The number of fused-ring (bicyclic) bond motifs is 1. The molecule has 0 aliphatic carbocycles. The Bertz CT molecular complexity index is 1380. The smallest absolute Gasteiger partial charge is 0.257 e. The molecule has 1 aliphatic rings. The maximum Gasteiger partial charge on any atom is 0.257 e. The number of nitrogens with one attached hydrogen (secondary N) is 1. The van der Waals surface area contributed by atoms with Crippen LogP contribution < -0.4 is 10.2 Å². The standard InChI is InChI=1S/C23H27B3N8O/c1-32-6-8-33(9-7-32)21-12-16(4-5-27-21)22(35)29-20-11-17-10-15(2-3-19(17)30-31-20)18-13-28-34(14-18)23(24,25)26/h2-5,10-14H,6-9,24-26H2,1H3,(H,29,31,35). The van der Waals surface area contributed by atoms with Crippen LogP contribution in [-0.4, -0.2) is 92.5 Å². The van der Waals surface area contributed by atoms with Crippen LogP contribution in [0.3, 0.4) is 0 Å². The van der Waals surface area contributed by atoms with Crippen LogP contribution in [0.1, 0.15) is 10.4 Å². The Hall–Kier alpha value is -3.66. The summed E-state index contributed by atoms with van der Waals surface area (Å²) in [7, 11) is 8.46. The molecule has 1 aromatic carbocycles. The predicted molar refractivity (Wildman–Crippen MR) is 146 cm³/mol. The van der Waals surface area contributed by atoms with E-state index in [-0.39, 0.29) is 11.1 Å². The second-order valence-electron chi connectivity index (χ2n) is 9.99. The lowest BCUT2D eigenvalue weighted by Gasteiger charge is -2.33. The average Bonchev–Trinajstić information content (AvgIpc) is 3.35. The first-order chi connectivity index (χ1) is 16.8. The zero-order valence-corrected chi connectivity index (χ0v) is 20.6. The summed E-state index contributed by atoms with van der Waals surface area (Å²) in [6.07, 6.45) is 5.59. The van der Waals surface area contributed by atoms with Crippen LogP contribution in [0.15, 0.2) is 55.0 Å². The molecule has 0 unspecified atom stereocenters. The van der Waals surface area contributed by atoms with Crippen molar-refractivity contribution in [3.05, 3.63) is 60.6 Å². The number of carbonyl (C=O) groups is 1. The summed E-state index contributed by atoms with van der Waals surface area (Å²) in [5, 5.41) is 16.7. The SMILES string of the molecule is BC(B)(B)n1cc(-c2ccc3nnc(NC(=O)c4ccnc(N5CCN(C)CC5)c4)cc3c2)cn1. The third-order valence-corrected chi connectivity index (χ3v) is 6.27. The van der Waals surface area contributed by atoms with Gasteiger partial charge in [0, 0.05) is 55.1 Å². The molecule has 1 aliphatic heterocycles. The molecular weight excluding hydrogens is 437 g/mol.